The average Bonchev–Trinajstić information content (AvgIpc) is 2.72. The van der Waals surface area contributed by atoms with Crippen LogP contribution in [0.2, 0.25) is 0 Å². The van der Waals surface area contributed by atoms with E-state index in [1.807, 2.05) is 6.07 Å². The molecule has 0 amide bonds. The Bertz CT molecular complexity index is 390. The number of rotatable bonds is 3. The van der Waals surface area contributed by atoms with Crippen LogP contribution in [0.25, 0.3) is 0 Å². The van der Waals surface area contributed by atoms with Gasteiger partial charge in [-0.3, -0.25) is 4.90 Å². The Morgan fingerprint density at radius 3 is 2.82 bits per heavy atom. The number of nitrogens with zero attached hydrogens (tertiary/aromatic N) is 2. The first kappa shape index (κ1) is 12.4. The van der Waals surface area contributed by atoms with Gasteiger partial charge in [0.1, 0.15) is 5.75 Å². The van der Waals surface area contributed by atoms with Crippen LogP contribution >= 0.6 is 0 Å². The molecule has 1 fully saturated rings. The molecule has 1 aliphatic heterocycles. The molecule has 0 saturated carbocycles. The first-order chi connectivity index (χ1) is 8.06. The number of benzene rings is 1. The van der Waals surface area contributed by atoms with Gasteiger partial charge in [-0.05, 0) is 33.5 Å². The van der Waals surface area contributed by atoms with E-state index < -0.39 is 0 Å². The van der Waals surface area contributed by atoms with E-state index in [-0.39, 0.29) is 0 Å². The smallest absolute Gasteiger partial charge is 0.120 e. The normalized spacial score (nSPS) is 21.3. The lowest BCUT2D eigenvalue weighted by molar-refractivity contribution is 0.263. The molecule has 3 nitrogen and oxygen atoms in total. The lowest BCUT2D eigenvalue weighted by Crippen LogP contribution is -2.31. The van der Waals surface area contributed by atoms with E-state index in [9.17, 15) is 5.11 Å². The molecule has 0 bridgehead atoms. The number of phenols is 1. The Balaban J connectivity index is 2.00. The molecule has 1 atom stereocenters. The van der Waals surface area contributed by atoms with Gasteiger partial charge in [0.05, 0.1) is 0 Å². The van der Waals surface area contributed by atoms with Crippen molar-refractivity contribution in [1.29, 1.82) is 0 Å². The summed E-state index contributed by atoms with van der Waals surface area (Å²) in [5.41, 5.74) is 2.26. The van der Waals surface area contributed by atoms with Gasteiger partial charge in [0.15, 0.2) is 0 Å². The van der Waals surface area contributed by atoms with E-state index in [0.29, 0.717) is 11.8 Å². The van der Waals surface area contributed by atoms with Crippen molar-refractivity contribution in [2.45, 2.75) is 25.9 Å². The molecule has 2 rings (SSSR count). The van der Waals surface area contributed by atoms with Crippen LogP contribution < -0.4 is 0 Å². The standard InChI is InChI=1S/C14H22N2O/c1-11-4-5-14(17)12(8-11)9-16-7-6-13(10-16)15(2)3/h4-5,8,13,17H,6-7,9-10H2,1-3H3. The summed E-state index contributed by atoms with van der Waals surface area (Å²) >= 11 is 0. The SMILES string of the molecule is Cc1ccc(O)c(CN2CCC(N(C)C)C2)c1. The minimum absolute atomic E-state index is 0.420. The van der Waals surface area contributed by atoms with Gasteiger partial charge in [-0.15, -0.1) is 0 Å². The fourth-order valence-electron chi connectivity index (χ4n) is 2.46. The molecule has 0 aliphatic carbocycles. The molecule has 1 aromatic rings. The first-order valence-corrected chi connectivity index (χ1v) is 6.23. The average molecular weight is 234 g/mol. The molecule has 1 unspecified atom stereocenters. The highest BCUT2D eigenvalue weighted by Gasteiger charge is 2.24. The maximum atomic E-state index is 9.83. The van der Waals surface area contributed by atoms with E-state index in [2.05, 4.69) is 36.9 Å². The van der Waals surface area contributed by atoms with Crippen LogP contribution in [0.5, 0.6) is 5.75 Å². The summed E-state index contributed by atoms with van der Waals surface area (Å²) < 4.78 is 0. The number of likely N-dealkylation sites (tertiary alicyclic amines) is 1. The zero-order chi connectivity index (χ0) is 12.4. The van der Waals surface area contributed by atoms with Crippen molar-refractivity contribution in [1.82, 2.24) is 9.80 Å². The third-order valence-electron chi connectivity index (χ3n) is 3.61. The summed E-state index contributed by atoms with van der Waals surface area (Å²) in [6.07, 6.45) is 1.22. The Morgan fingerprint density at radius 2 is 2.18 bits per heavy atom. The van der Waals surface area contributed by atoms with E-state index in [1.54, 1.807) is 6.07 Å². The van der Waals surface area contributed by atoms with Crippen LogP contribution in [0.15, 0.2) is 18.2 Å². The van der Waals surface area contributed by atoms with Gasteiger partial charge in [-0.2, -0.15) is 0 Å². The fourth-order valence-corrected chi connectivity index (χ4v) is 2.46. The van der Waals surface area contributed by atoms with Crippen molar-refractivity contribution in [2.24, 2.45) is 0 Å². The fraction of sp³-hybridized carbons (Fsp3) is 0.571. The van der Waals surface area contributed by atoms with E-state index in [0.717, 1.165) is 25.2 Å². The Hall–Kier alpha value is -1.06. The molecule has 1 aromatic carbocycles. The summed E-state index contributed by atoms with van der Waals surface area (Å²) in [7, 11) is 4.27. The Labute approximate surface area is 104 Å². The summed E-state index contributed by atoms with van der Waals surface area (Å²) in [4.78, 5) is 4.70. The number of likely N-dealkylation sites (N-methyl/N-ethyl adjacent to an activating group) is 1. The summed E-state index contributed by atoms with van der Waals surface area (Å²) in [6.45, 7) is 5.14. The topological polar surface area (TPSA) is 26.7 Å². The van der Waals surface area contributed by atoms with Crippen LogP contribution in [0.1, 0.15) is 17.5 Å². The molecule has 0 radical (unpaired) electrons. The van der Waals surface area contributed by atoms with Crippen LogP contribution in [-0.2, 0) is 6.54 Å². The lowest BCUT2D eigenvalue weighted by atomic mass is 10.1. The zero-order valence-corrected chi connectivity index (χ0v) is 11.0. The molecule has 1 heterocycles. The van der Waals surface area contributed by atoms with Crippen molar-refractivity contribution >= 4 is 0 Å². The van der Waals surface area contributed by atoms with Crippen LogP contribution in [0.3, 0.4) is 0 Å². The van der Waals surface area contributed by atoms with E-state index in [4.69, 9.17) is 0 Å². The minimum atomic E-state index is 0.420. The molecule has 3 heteroatoms. The Morgan fingerprint density at radius 1 is 1.41 bits per heavy atom. The number of hydrogen-bond acceptors (Lipinski definition) is 3. The molecule has 1 N–H and O–H groups in total. The second kappa shape index (κ2) is 5.07. The monoisotopic (exact) mass is 234 g/mol. The van der Waals surface area contributed by atoms with Gasteiger partial charge in [-0.1, -0.05) is 17.7 Å². The summed E-state index contributed by atoms with van der Waals surface area (Å²) in [5, 5.41) is 9.83. The van der Waals surface area contributed by atoms with Crippen molar-refractivity contribution < 1.29 is 5.11 Å². The molecule has 17 heavy (non-hydrogen) atoms. The molecule has 0 spiro atoms. The maximum Gasteiger partial charge on any atom is 0.120 e. The second-order valence-electron chi connectivity index (χ2n) is 5.27. The number of aromatic hydroxyl groups is 1. The van der Waals surface area contributed by atoms with Gasteiger partial charge in [0.2, 0.25) is 0 Å². The van der Waals surface area contributed by atoms with Crippen LogP contribution in [-0.4, -0.2) is 48.1 Å². The molecule has 1 aliphatic rings. The molecule has 1 saturated heterocycles. The van der Waals surface area contributed by atoms with Crippen molar-refractivity contribution in [3.8, 4) is 5.75 Å². The number of phenolic OH excluding ortho intramolecular Hbond substituents is 1. The van der Waals surface area contributed by atoms with Crippen molar-refractivity contribution in [3.63, 3.8) is 0 Å². The van der Waals surface area contributed by atoms with E-state index >= 15 is 0 Å². The van der Waals surface area contributed by atoms with Crippen molar-refractivity contribution in [2.75, 3.05) is 27.2 Å². The first-order valence-electron chi connectivity index (χ1n) is 6.23. The lowest BCUT2D eigenvalue weighted by Gasteiger charge is -2.20. The minimum Gasteiger partial charge on any atom is -0.508 e. The number of hydrogen-bond donors (Lipinski definition) is 1. The highest BCUT2D eigenvalue weighted by molar-refractivity contribution is 5.35. The zero-order valence-electron chi connectivity index (χ0n) is 11.0. The second-order valence-corrected chi connectivity index (χ2v) is 5.27. The summed E-state index contributed by atoms with van der Waals surface area (Å²) in [5.74, 6) is 0.420. The number of aryl methyl sites for hydroxylation is 1. The Kier molecular flexibility index (Phi) is 3.69. The quantitative estimate of drug-likeness (QED) is 0.864. The van der Waals surface area contributed by atoms with Crippen LogP contribution in [0.4, 0.5) is 0 Å². The van der Waals surface area contributed by atoms with Gasteiger partial charge in [-0.25, -0.2) is 0 Å². The molecule has 94 valence electrons. The van der Waals surface area contributed by atoms with Crippen molar-refractivity contribution in [3.05, 3.63) is 29.3 Å². The molecular formula is C14H22N2O. The predicted molar refractivity (Wildman–Crippen MR) is 70.2 cm³/mol. The van der Waals surface area contributed by atoms with E-state index in [1.165, 1.54) is 12.0 Å². The maximum absolute atomic E-state index is 9.83. The highest BCUT2D eigenvalue weighted by atomic mass is 16.3. The van der Waals surface area contributed by atoms with Gasteiger partial charge >= 0.3 is 0 Å². The third-order valence-corrected chi connectivity index (χ3v) is 3.61. The molecular weight excluding hydrogens is 212 g/mol. The van der Waals surface area contributed by atoms with Gasteiger partial charge in [0, 0.05) is 31.2 Å². The largest absolute Gasteiger partial charge is 0.508 e. The third kappa shape index (κ3) is 2.99. The summed E-state index contributed by atoms with van der Waals surface area (Å²) in [6, 6.07) is 6.48. The molecule has 0 aromatic heterocycles. The van der Waals surface area contributed by atoms with Gasteiger partial charge in [0.25, 0.3) is 0 Å². The van der Waals surface area contributed by atoms with Gasteiger partial charge < -0.3 is 10.0 Å². The highest BCUT2D eigenvalue weighted by Crippen LogP contribution is 2.23. The predicted octanol–water partition coefficient (Wildman–Crippen LogP) is 1.84. The van der Waals surface area contributed by atoms with Crippen LogP contribution in [0, 0.1) is 6.92 Å².